The Hall–Kier alpha value is -2.49. The zero-order valence-electron chi connectivity index (χ0n) is 21.0. The summed E-state index contributed by atoms with van der Waals surface area (Å²) in [7, 11) is 3.49. The molecule has 1 saturated carbocycles. The van der Waals surface area contributed by atoms with Crippen molar-refractivity contribution in [1.29, 1.82) is 0 Å². The Morgan fingerprint density at radius 3 is 2.74 bits per heavy atom. The van der Waals surface area contributed by atoms with Crippen LogP contribution < -0.4 is 10.1 Å². The van der Waals surface area contributed by atoms with Gasteiger partial charge in [0, 0.05) is 62.5 Å². The Morgan fingerprint density at radius 1 is 1.29 bits per heavy atom. The van der Waals surface area contributed by atoms with Crippen LogP contribution in [0.5, 0.6) is 5.75 Å². The van der Waals surface area contributed by atoms with Gasteiger partial charge < -0.3 is 19.7 Å². The van der Waals surface area contributed by atoms with E-state index in [1.165, 1.54) is 0 Å². The molecule has 190 valence electrons. The molecule has 0 radical (unpaired) electrons. The molecular formula is C26H36N4O4S. The van der Waals surface area contributed by atoms with Crippen LogP contribution in [-0.2, 0) is 16.1 Å². The third kappa shape index (κ3) is 6.20. The Morgan fingerprint density at radius 2 is 2.09 bits per heavy atom. The van der Waals surface area contributed by atoms with E-state index < -0.39 is 0 Å². The number of methoxy groups -OCH3 is 1. The summed E-state index contributed by atoms with van der Waals surface area (Å²) < 4.78 is 12.1. The highest BCUT2D eigenvalue weighted by Gasteiger charge is 2.29. The lowest BCUT2D eigenvalue weighted by molar-refractivity contribution is -0.122. The van der Waals surface area contributed by atoms with Crippen molar-refractivity contribution in [3.63, 3.8) is 0 Å². The first-order valence-electron chi connectivity index (χ1n) is 12.3. The maximum atomic E-state index is 13.4. The van der Waals surface area contributed by atoms with Crippen molar-refractivity contribution < 1.29 is 19.1 Å². The van der Waals surface area contributed by atoms with Gasteiger partial charge >= 0.3 is 0 Å². The molecule has 1 fully saturated rings. The maximum absolute atomic E-state index is 13.4. The van der Waals surface area contributed by atoms with Crippen molar-refractivity contribution in [3.05, 3.63) is 40.3 Å². The molecule has 0 saturated heterocycles. The van der Waals surface area contributed by atoms with Gasteiger partial charge in [-0.15, -0.1) is 11.3 Å². The molecule has 3 atom stereocenters. The minimum Gasteiger partial charge on any atom is -0.491 e. The van der Waals surface area contributed by atoms with Crippen LogP contribution in [0.15, 0.2) is 29.8 Å². The van der Waals surface area contributed by atoms with Crippen LogP contribution in [0.4, 0.5) is 5.69 Å². The molecule has 2 heterocycles. The zero-order valence-corrected chi connectivity index (χ0v) is 21.8. The van der Waals surface area contributed by atoms with Gasteiger partial charge in [-0.05, 0) is 37.8 Å². The van der Waals surface area contributed by atoms with Crippen molar-refractivity contribution in [2.75, 3.05) is 39.2 Å². The van der Waals surface area contributed by atoms with Gasteiger partial charge in [-0.1, -0.05) is 13.3 Å². The number of ether oxygens (including phenoxy) is 2. The molecule has 9 heteroatoms. The summed E-state index contributed by atoms with van der Waals surface area (Å²) in [6, 6.07) is 5.38. The van der Waals surface area contributed by atoms with E-state index in [9.17, 15) is 9.59 Å². The molecule has 1 aromatic carbocycles. The van der Waals surface area contributed by atoms with Crippen molar-refractivity contribution in [3.8, 4) is 5.75 Å². The van der Waals surface area contributed by atoms with E-state index in [1.54, 1.807) is 48.6 Å². The molecule has 0 spiro atoms. The van der Waals surface area contributed by atoms with Gasteiger partial charge in [0.05, 0.1) is 18.2 Å². The molecule has 8 nitrogen and oxygen atoms in total. The number of nitrogens with zero attached hydrogens (tertiary/aromatic N) is 3. The van der Waals surface area contributed by atoms with E-state index in [1.807, 2.05) is 11.6 Å². The van der Waals surface area contributed by atoms with Crippen LogP contribution in [0, 0.1) is 11.8 Å². The maximum Gasteiger partial charge on any atom is 0.257 e. The quantitative estimate of drug-likeness (QED) is 0.671. The van der Waals surface area contributed by atoms with Crippen molar-refractivity contribution in [2.24, 2.45) is 11.8 Å². The number of likely N-dealkylation sites (N-methyl/N-ethyl adjacent to an activating group) is 1. The monoisotopic (exact) mass is 500 g/mol. The van der Waals surface area contributed by atoms with Crippen LogP contribution >= 0.6 is 11.3 Å². The molecule has 2 amide bonds. The second-order valence-corrected chi connectivity index (χ2v) is 10.8. The van der Waals surface area contributed by atoms with Crippen LogP contribution in [0.3, 0.4) is 0 Å². The highest BCUT2D eigenvalue weighted by molar-refractivity contribution is 7.09. The van der Waals surface area contributed by atoms with Gasteiger partial charge in [-0.2, -0.15) is 0 Å². The summed E-state index contributed by atoms with van der Waals surface area (Å²) in [6.45, 7) is 6.67. The number of nitrogens with one attached hydrogen (secondary N) is 1. The number of carbonyl (C=O) groups is 2. The van der Waals surface area contributed by atoms with Crippen LogP contribution in [0.25, 0.3) is 0 Å². The molecule has 1 aliphatic carbocycles. The van der Waals surface area contributed by atoms with Crippen LogP contribution in [0.1, 0.15) is 48.5 Å². The molecule has 4 rings (SSSR count). The molecule has 1 N–H and O–H groups in total. The van der Waals surface area contributed by atoms with Gasteiger partial charge in [-0.3, -0.25) is 14.5 Å². The summed E-state index contributed by atoms with van der Waals surface area (Å²) in [6.07, 6.45) is 4.68. The van der Waals surface area contributed by atoms with E-state index in [-0.39, 0.29) is 35.8 Å². The summed E-state index contributed by atoms with van der Waals surface area (Å²) in [5, 5.41) is 6.04. The van der Waals surface area contributed by atoms with Gasteiger partial charge in [0.15, 0.2) is 0 Å². The fraction of sp³-hybridized carbons (Fsp3) is 0.577. The second kappa shape index (κ2) is 11.5. The van der Waals surface area contributed by atoms with Crippen LogP contribution in [0.2, 0.25) is 0 Å². The fourth-order valence-corrected chi connectivity index (χ4v) is 5.21. The van der Waals surface area contributed by atoms with E-state index in [0.717, 1.165) is 37.4 Å². The Balaban J connectivity index is 1.61. The summed E-state index contributed by atoms with van der Waals surface area (Å²) in [5.74, 6) is 0.668. The number of rotatable bonds is 5. The number of hydrogen-bond acceptors (Lipinski definition) is 7. The SMILES string of the molecule is CO[C@@H]1CN(C)C(=O)c2ccc(NC(=O)C3CCC3)cc2OC[C@@H](C)N(Cc2nccs2)C[C@H]1C. The highest BCUT2D eigenvalue weighted by atomic mass is 32.1. The lowest BCUT2D eigenvalue weighted by Gasteiger charge is -2.35. The second-order valence-electron chi connectivity index (χ2n) is 9.78. The summed E-state index contributed by atoms with van der Waals surface area (Å²) in [4.78, 5) is 34.4. The topological polar surface area (TPSA) is 84.0 Å². The standard InChI is InChI=1S/C26H36N4O4S/c1-17-13-30(15-24-27-10-11-35-24)18(2)16-34-22-12-20(28-25(31)19-6-5-7-19)8-9-21(22)26(32)29(3)14-23(17)33-4/h8-12,17-19,23H,5-7,13-16H2,1-4H3,(H,28,31)/t17-,18-,23-/m1/s1. The number of thiazole rings is 1. The number of fused-ring (bicyclic) bond motifs is 1. The molecule has 1 aliphatic heterocycles. The Kier molecular flexibility index (Phi) is 8.41. The molecule has 0 unspecified atom stereocenters. The Bertz CT molecular complexity index is 1010. The van der Waals surface area contributed by atoms with Crippen molar-refractivity contribution in [1.82, 2.24) is 14.8 Å². The first-order valence-corrected chi connectivity index (χ1v) is 13.2. The van der Waals surface area contributed by atoms with Gasteiger partial charge in [0.25, 0.3) is 5.91 Å². The van der Waals surface area contributed by atoms with Crippen LogP contribution in [-0.4, -0.2) is 72.6 Å². The first-order chi connectivity index (χ1) is 16.9. The van der Waals surface area contributed by atoms with E-state index in [4.69, 9.17) is 9.47 Å². The van der Waals surface area contributed by atoms with E-state index >= 15 is 0 Å². The van der Waals surface area contributed by atoms with Gasteiger partial charge in [-0.25, -0.2) is 4.98 Å². The average molecular weight is 501 g/mol. The average Bonchev–Trinajstić information content (AvgIpc) is 3.31. The van der Waals surface area contributed by atoms with Gasteiger partial charge in [0.1, 0.15) is 17.4 Å². The largest absolute Gasteiger partial charge is 0.491 e. The fourth-order valence-electron chi connectivity index (χ4n) is 4.56. The summed E-state index contributed by atoms with van der Waals surface area (Å²) >= 11 is 1.64. The van der Waals surface area contributed by atoms with Crippen molar-refractivity contribution in [2.45, 2.75) is 51.8 Å². The number of hydrogen-bond donors (Lipinski definition) is 1. The third-order valence-corrected chi connectivity index (χ3v) is 7.91. The van der Waals surface area contributed by atoms with Gasteiger partial charge in [0.2, 0.25) is 5.91 Å². The molecule has 2 aromatic rings. The Labute approximate surface area is 211 Å². The molecular weight excluding hydrogens is 464 g/mol. The molecule has 0 bridgehead atoms. The predicted octanol–water partition coefficient (Wildman–Crippen LogP) is 3.89. The number of carbonyl (C=O) groups excluding carboxylic acids is 2. The number of benzene rings is 1. The van der Waals surface area contributed by atoms with Crippen molar-refractivity contribution >= 4 is 28.8 Å². The lowest BCUT2D eigenvalue weighted by Crippen LogP contribution is -2.46. The minimum atomic E-state index is -0.126. The zero-order chi connectivity index (χ0) is 24.9. The molecule has 1 aromatic heterocycles. The molecule has 35 heavy (non-hydrogen) atoms. The number of amides is 2. The van der Waals surface area contributed by atoms with E-state index in [2.05, 4.69) is 29.0 Å². The first kappa shape index (κ1) is 25.6. The lowest BCUT2D eigenvalue weighted by atomic mass is 9.85. The smallest absolute Gasteiger partial charge is 0.257 e. The number of aromatic nitrogens is 1. The minimum absolute atomic E-state index is 0.0349. The third-order valence-electron chi connectivity index (χ3n) is 7.14. The molecule has 2 aliphatic rings. The highest BCUT2D eigenvalue weighted by Crippen LogP contribution is 2.30. The number of anilines is 1. The summed E-state index contributed by atoms with van der Waals surface area (Å²) in [5.41, 5.74) is 1.13. The predicted molar refractivity (Wildman–Crippen MR) is 137 cm³/mol. The van der Waals surface area contributed by atoms with E-state index in [0.29, 0.717) is 30.2 Å². The normalized spacial score (nSPS) is 24.5.